The van der Waals surface area contributed by atoms with E-state index in [1.54, 1.807) is 0 Å². The van der Waals surface area contributed by atoms with Crippen LogP contribution in [0.25, 0.3) is 22.5 Å². The minimum Gasteiger partial charge on any atom is -0.318 e. The molecule has 0 radical (unpaired) electrons. The Morgan fingerprint density at radius 2 is 1.88 bits per heavy atom. The molecule has 0 bridgehead atoms. The van der Waals surface area contributed by atoms with Gasteiger partial charge in [-0.2, -0.15) is 0 Å². The lowest BCUT2D eigenvalue weighted by Crippen LogP contribution is -2.11. The summed E-state index contributed by atoms with van der Waals surface area (Å²) in [5, 5.41) is 20.9. The SMILES string of the molecule is CCc1nnc([C@H]2C(=N)S/C(=C\c3cc(C)n(-c4ccc5ccccc5c4)c3C)C2=O)s1. The van der Waals surface area contributed by atoms with Gasteiger partial charge in [-0.1, -0.05) is 49.0 Å². The number of hydrogen-bond donors (Lipinski definition) is 1. The van der Waals surface area contributed by atoms with E-state index in [4.69, 9.17) is 5.41 Å². The summed E-state index contributed by atoms with van der Waals surface area (Å²) in [6.45, 7) is 6.16. The zero-order valence-electron chi connectivity index (χ0n) is 18.0. The van der Waals surface area contributed by atoms with Crippen LogP contribution >= 0.6 is 23.1 Å². The molecule has 4 aromatic rings. The predicted octanol–water partition coefficient (Wildman–Crippen LogP) is 6.08. The number of fused-ring (bicyclic) bond motifs is 1. The largest absolute Gasteiger partial charge is 0.318 e. The number of rotatable bonds is 4. The third-order valence-electron chi connectivity index (χ3n) is 5.77. The Bertz CT molecular complexity index is 1410. The van der Waals surface area contributed by atoms with E-state index in [-0.39, 0.29) is 5.78 Å². The van der Waals surface area contributed by atoms with Crippen molar-refractivity contribution in [2.45, 2.75) is 33.1 Å². The van der Waals surface area contributed by atoms with E-state index in [1.165, 1.54) is 33.9 Å². The van der Waals surface area contributed by atoms with Crippen molar-refractivity contribution in [1.29, 1.82) is 5.41 Å². The molecule has 5 rings (SSSR count). The molecule has 1 atom stereocenters. The highest BCUT2D eigenvalue weighted by molar-refractivity contribution is 8.19. The highest BCUT2D eigenvalue weighted by Gasteiger charge is 2.39. The molecule has 1 aliphatic rings. The summed E-state index contributed by atoms with van der Waals surface area (Å²) in [7, 11) is 0. The molecule has 5 nitrogen and oxygen atoms in total. The number of hydrogen-bond acceptors (Lipinski definition) is 6. The van der Waals surface area contributed by atoms with E-state index >= 15 is 0 Å². The van der Waals surface area contributed by atoms with Gasteiger partial charge in [0.1, 0.15) is 15.9 Å². The molecule has 0 amide bonds. The van der Waals surface area contributed by atoms with Crippen LogP contribution in [-0.4, -0.2) is 25.6 Å². The fraction of sp³-hybridized carbons (Fsp3) is 0.200. The summed E-state index contributed by atoms with van der Waals surface area (Å²) >= 11 is 2.66. The fourth-order valence-electron chi connectivity index (χ4n) is 4.13. The van der Waals surface area contributed by atoms with Crippen LogP contribution in [0.1, 0.15) is 39.8 Å². The number of aromatic nitrogens is 3. The molecule has 1 fully saturated rings. The van der Waals surface area contributed by atoms with E-state index in [9.17, 15) is 4.79 Å². The lowest BCUT2D eigenvalue weighted by molar-refractivity contribution is -0.114. The Morgan fingerprint density at radius 1 is 1.09 bits per heavy atom. The van der Waals surface area contributed by atoms with Crippen molar-refractivity contribution in [1.82, 2.24) is 14.8 Å². The van der Waals surface area contributed by atoms with Gasteiger partial charge in [-0.3, -0.25) is 10.2 Å². The van der Waals surface area contributed by atoms with Crippen LogP contribution in [0.2, 0.25) is 0 Å². The van der Waals surface area contributed by atoms with E-state index in [0.717, 1.165) is 34.1 Å². The number of nitrogens with one attached hydrogen (secondary N) is 1. The van der Waals surface area contributed by atoms with Crippen LogP contribution in [0, 0.1) is 19.3 Å². The maximum Gasteiger partial charge on any atom is 0.186 e. The Morgan fingerprint density at radius 3 is 2.62 bits per heavy atom. The number of ketones is 1. The van der Waals surface area contributed by atoms with Crippen LogP contribution in [0.3, 0.4) is 0 Å². The van der Waals surface area contributed by atoms with E-state index in [0.29, 0.717) is 15.0 Å². The van der Waals surface area contributed by atoms with Gasteiger partial charge in [-0.25, -0.2) is 0 Å². The summed E-state index contributed by atoms with van der Waals surface area (Å²) in [6.07, 6.45) is 2.70. The van der Waals surface area contributed by atoms with Crippen molar-refractivity contribution in [2.75, 3.05) is 0 Å². The number of thioether (sulfide) groups is 1. The van der Waals surface area contributed by atoms with Gasteiger partial charge < -0.3 is 4.57 Å². The second-order valence-corrected chi connectivity index (χ2v) is 10.0. The molecule has 1 aliphatic heterocycles. The van der Waals surface area contributed by atoms with Gasteiger partial charge in [-0.15, -0.1) is 21.5 Å². The standard InChI is InChI=1S/C25H22N4OS2/c1-4-21-27-28-25(32-21)22-23(30)20(31-24(22)26)13-18-11-14(2)29(15(18)3)19-10-9-16-7-5-6-8-17(16)12-19/h5-13,22,26H,4H2,1-3H3/b20-13-,26-24?/t22-/m1/s1. The zero-order chi connectivity index (χ0) is 22.4. The summed E-state index contributed by atoms with van der Waals surface area (Å²) in [5.41, 5.74) is 4.26. The van der Waals surface area contributed by atoms with Crippen molar-refractivity contribution < 1.29 is 4.79 Å². The van der Waals surface area contributed by atoms with Gasteiger partial charge >= 0.3 is 0 Å². The van der Waals surface area contributed by atoms with Gasteiger partial charge in [-0.05, 0) is 60.9 Å². The summed E-state index contributed by atoms with van der Waals surface area (Å²) in [5.74, 6) is -0.678. The van der Waals surface area contributed by atoms with Crippen molar-refractivity contribution in [2.24, 2.45) is 0 Å². The number of nitrogens with zero attached hydrogens (tertiary/aromatic N) is 3. The normalized spacial score (nSPS) is 17.7. The molecule has 1 N–H and O–H groups in total. The average molecular weight is 459 g/mol. The first-order chi connectivity index (χ1) is 15.5. The molecule has 2 aromatic carbocycles. The maximum absolute atomic E-state index is 13.1. The van der Waals surface area contributed by atoms with Gasteiger partial charge in [0.15, 0.2) is 5.78 Å². The molecule has 32 heavy (non-hydrogen) atoms. The molecule has 3 heterocycles. The topological polar surface area (TPSA) is 71.6 Å². The highest BCUT2D eigenvalue weighted by atomic mass is 32.2. The lowest BCUT2D eigenvalue weighted by Gasteiger charge is -2.11. The highest BCUT2D eigenvalue weighted by Crippen LogP contribution is 2.42. The van der Waals surface area contributed by atoms with E-state index < -0.39 is 5.92 Å². The maximum atomic E-state index is 13.1. The number of aryl methyl sites for hydroxylation is 2. The summed E-state index contributed by atoms with van der Waals surface area (Å²) in [4.78, 5) is 13.7. The second-order valence-electron chi connectivity index (χ2n) is 7.85. The molecule has 2 aromatic heterocycles. The van der Waals surface area contributed by atoms with Crippen LogP contribution in [0.4, 0.5) is 0 Å². The zero-order valence-corrected chi connectivity index (χ0v) is 19.7. The number of carbonyl (C=O) groups is 1. The smallest absolute Gasteiger partial charge is 0.186 e. The van der Waals surface area contributed by atoms with Crippen LogP contribution in [-0.2, 0) is 11.2 Å². The molecule has 0 spiro atoms. The van der Waals surface area contributed by atoms with Gasteiger partial charge in [0.05, 0.1) is 9.95 Å². The number of Topliss-reactive ketones (excluding diaryl/α,β-unsaturated/α-hetero) is 1. The summed E-state index contributed by atoms with van der Waals surface area (Å²) in [6, 6.07) is 16.9. The van der Waals surface area contributed by atoms with Crippen LogP contribution in [0.5, 0.6) is 0 Å². The Kier molecular flexibility index (Phi) is 5.31. The number of carbonyl (C=O) groups excluding carboxylic acids is 1. The third-order valence-corrected chi connectivity index (χ3v) is 7.89. The van der Waals surface area contributed by atoms with Crippen molar-refractivity contribution in [3.8, 4) is 5.69 Å². The monoisotopic (exact) mass is 458 g/mol. The van der Waals surface area contributed by atoms with Crippen molar-refractivity contribution in [3.05, 3.63) is 80.4 Å². The van der Waals surface area contributed by atoms with Gasteiger partial charge in [0, 0.05) is 17.1 Å². The molecular weight excluding hydrogens is 436 g/mol. The van der Waals surface area contributed by atoms with E-state index in [1.807, 2.05) is 25.1 Å². The Hall–Kier alpha value is -3.03. The molecular formula is C25H22N4OS2. The lowest BCUT2D eigenvalue weighted by atomic mass is 10.1. The van der Waals surface area contributed by atoms with Crippen molar-refractivity contribution in [3.63, 3.8) is 0 Å². The molecule has 1 saturated heterocycles. The summed E-state index contributed by atoms with van der Waals surface area (Å²) < 4.78 is 2.21. The number of benzene rings is 2. The first kappa shape index (κ1) is 20.8. The minimum absolute atomic E-state index is 0.0608. The second kappa shape index (κ2) is 8.15. The minimum atomic E-state index is -0.618. The first-order valence-electron chi connectivity index (χ1n) is 10.5. The first-order valence-corrected chi connectivity index (χ1v) is 12.1. The average Bonchev–Trinajstić information content (AvgIpc) is 3.44. The van der Waals surface area contributed by atoms with Crippen molar-refractivity contribution >= 4 is 50.8 Å². The van der Waals surface area contributed by atoms with Crippen LogP contribution in [0.15, 0.2) is 53.4 Å². The molecule has 0 aliphatic carbocycles. The predicted molar refractivity (Wildman–Crippen MR) is 133 cm³/mol. The molecule has 7 heteroatoms. The third kappa shape index (κ3) is 3.51. The molecule has 160 valence electrons. The van der Waals surface area contributed by atoms with Gasteiger partial charge in [0.2, 0.25) is 0 Å². The van der Waals surface area contributed by atoms with Gasteiger partial charge in [0.25, 0.3) is 0 Å². The quantitative estimate of drug-likeness (QED) is 0.376. The van der Waals surface area contributed by atoms with Crippen LogP contribution < -0.4 is 0 Å². The molecule has 0 saturated carbocycles. The number of allylic oxidation sites excluding steroid dienone is 1. The Balaban J connectivity index is 1.50. The Labute approximate surface area is 194 Å². The van der Waals surface area contributed by atoms with E-state index in [2.05, 4.69) is 65.0 Å². The fourth-order valence-corrected chi connectivity index (χ4v) is 6.07. The molecule has 0 unspecified atom stereocenters.